The first-order chi connectivity index (χ1) is 7.67. The molecule has 4 heteroatoms. The third-order valence-electron chi connectivity index (χ3n) is 2.15. The Kier molecular flexibility index (Phi) is 4.77. The second kappa shape index (κ2) is 6.11. The summed E-state index contributed by atoms with van der Waals surface area (Å²) in [5.74, 6) is 0.585. The van der Waals surface area contributed by atoms with Crippen LogP contribution in [0.1, 0.15) is 18.1 Å². The Bertz CT molecular complexity index is 383. The lowest BCUT2D eigenvalue weighted by atomic mass is 10.1. The fourth-order valence-electron chi connectivity index (χ4n) is 1.38. The van der Waals surface area contributed by atoms with Crippen LogP contribution in [0, 0.1) is 11.3 Å². The molecule has 86 valence electrons. The van der Waals surface area contributed by atoms with Crippen LogP contribution >= 0.6 is 0 Å². The minimum atomic E-state index is -0.367. The Hall–Kier alpha value is -1.57. The molecule has 0 radical (unpaired) electrons. The van der Waals surface area contributed by atoms with Crippen molar-refractivity contribution in [3.05, 3.63) is 29.3 Å². The smallest absolute Gasteiger partial charge is 0.136 e. The van der Waals surface area contributed by atoms with E-state index in [-0.39, 0.29) is 6.10 Å². The lowest BCUT2D eigenvalue weighted by molar-refractivity contribution is 0.191. The van der Waals surface area contributed by atoms with Crippen molar-refractivity contribution in [3.63, 3.8) is 0 Å². The van der Waals surface area contributed by atoms with E-state index >= 15 is 0 Å². The molecule has 0 amide bonds. The molecule has 4 nitrogen and oxygen atoms in total. The van der Waals surface area contributed by atoms with E-state index in [1.54, 1.807) is 26.2 Å². The van der Waals surface area contributed by atoms with Crippen molar-refractivity contribution in [2.45, 2.75) is 19.6 Å². The molecular formula is C12H16N2O2. The fraction of sp³-hybridized carbons (Fsp3) is 0.417. The van der Waals surface area contributed by atoms with E-state index in [4.69, 9.17) is 15.1 Å². The van der Waals surface area contributed by atoms with E-state index in [2.05, 4.69) is 11.4 Å². The summed E-state index contributed by atoms with van der Waals surface area (Å²) in [4.78, 5) is 0. The molecule has 1 aromatic rings. The summed E-state index contributed by atoms with van der Waals surface area (Å²) in [6, 6.07) is 7.54. The Morgan fingerprint density at radius 2 is 2.31 bits per heavy atom. The second-order valence-electron chi connectivity index (χ2n) is 3.63. The summed E-state index contributed by atoms with van der Waals surface area (Å²) < 4.78 is 5.05. The molecule has 0 saturated carbocycles. The number of methoxy groups -OCH3 is 1. The van der Waals surface area contributed by atoms with Gasteiger partial charge < -0.3 is 15.2 Å². The minimum Gasteiger partial charge on any atom is -0.495 e. The Balaban J connectivity index is 2.65. The molecule has 0 spiro atoms. The van der Waals surface area contributed by atoms with Crippen LogP contribution in [0.2, 0.25) is 0 Å². The molecule has 1 atom stereocenters. The van der Waals surface area contributed by atoms with Gasteiger partial charge in [-0.25, -0.2) is 0 Å². The molecule has 0 aliphatic heterocycles. The maximum atomic E-state index is 9.08. The molecule has 2 N–H and O–H groups in total. The summed E-state index contributed by atoms with van der Waals surface area (Å²) in [6.07, 6.45) is -0.367. The van der Waals surface area contributed by atoms with Crippen LogP contribution in [-0.4, -0.2) is 24.9 Å². The van der Waals surface area contributed by atoms with E-state index in [1.807, 2.05) is 6.07 Å². The second-order valence-corrected chi connectivity index (χ2v) is 3.63. The standard InChI is InChI=1S/C12H16N2O2/c1-9(15)7-14-8-10-3-4-12(16-2)11(5-10)6-13/h3-5,9,14-15H,7-8H2,1-2H3/t9-/m0/s1. The quantitative estimate of drug-likeness (QED) is 0.778. The van der Waals surface area contributed by atoms with Gasteiger partial charge in [-0.15, -0.1) is 0 Å². The summed E-state index contributed by atoms with van der Waals surface area (Å²) in [7, 11) is 1.54. The fourth-order valence-corrected chi connectivity index (χ4v) is 1.38. The molecule has 0 heterocycles. The lowest BCUT2D eigenvalue weighted by Gasteiger charge is -2.08. The van der Waals surface area contributed by atoms with E-state index in [0.29, 0.717) is 24.4 Å². The number of nitriles is 1. The van der Waals surface area contributed by atoms with E-state index in [0.717, 1.165) is 5.56 Å². The van der Waals surface area contributed by atoms with Crippen molar-refractivity contribution >= 4 is 0 Å². The summed E-state index contributed by atoms with van der Waals surface area (Å²) >= 11 is 0. The first-order valence-corrected chi connectivity index (χ1v) is 5.13. The van der Waals surface area contributed by atoms with Crippen molar-refractivity contribution in [2.24, 2.45) is 0 Å². The number of aliphatic hydroxyl groups is 1. The van der Waals surface area contributed by atoms with Crippen molar-refractivity contribution < 1.29 is 9.84 Å². The highest BCUT2D eigenvalue weighted by molar-refractivity contribution is 5.45. The van der Waals surface area contributed by atoms with Crippen molar-refractivity contribution in [3.8, 4) is 11.8 Å². The van der Waals surface area contributed by atoms with Crippen molar-refractivity contribution in [1.29, 1.82) is 5.26 Å². The highest BCUT2D eigenvalue weighted by Gasteiger charge is 2.03. The zero-order chi connectivity index (χ0) is 12.0. The van der Waals surface area contributed by atoms with Crippen LogP contribution in [-0.2, 0) is 6.54 Å². The topological polar surface area (TPSA) is 65.3 Å². The normalized spacial score (nSPS) is 11.9. The third kappa shape index (κ3) is 3.54. The highest BCUT2D eigenvalue weighted by Crippen LogP contribution is 2.18. The van der Waals surface area contributed by atoms with Gasteiger partial charge in [0.05, 0.1) is 18.8 Å². The molecule has 0 saturated heterocycles. The number of nitrogens with one attached hydrogen (secondary N) is 1. The number of nitrogens with zero attached hydrogens (tertiary/aromatic N) is 1. The van der Waals surface area contributed by atoms with Gasteiger partial charge in [0.15, 0.2) is 0 Å². The molecule has 16 heavy (non-hydrogen) atoms. The predicted molar refractivity (Wildman–Crippen MR) is 61.1 cm³/mol. The van der Waals surface area contributed by atoms with E-state index in [9.17, 15) is 0 Å². The average molecular weight is 220 g/mol. The molecule has 1 aromatic carbocycles. The Morgan fingerprint density at radius 3 is 2.88 bits per heavy atom. The minimum absolute atomic E-state index is 0.367. The molecular weight excluding hydrogens is 204 g/mol. The molecule has 1 rings (SSSR count). The first kappa shape index (κ1) is 12.5. The largest absolute Gasteiger partial charge is 0.495 e. The number of hydrogen-bond acceptors (Lipinski definition) is 4. The summed E-state index contributed by atoms with van der Waals surface area (Å²) in [6.45, 7) is 2.89. The van der Waals surface area contributed by atoms with Crippen LogP contribution in [0.4, 0.5) is 0 Å². The molecule has 0 unspecified atom stereocenters. The van der Waals surface area contributed by atoms with Gasteiger partial charge in [-0.05, 0) is 24.6 Å². The van der Waals surface area contributed by atoms with Gasteiger partial charge in [0, 0.05) is 13.1 Å². The maximum absolute atomic E-state index is 9.08. The zero-order valence-corrected chi connectivity index (χ0v) is 9.53. The maximum Gasteiger partial charge on any atom is 0.136 e. The van der Waals surface area contributed by atoms with Gasteiger partial charge in [0.25, 0.3) is 0 Å². The lowest BCUT2D eigenvalue weighted by Crippen LogP contribution is -2.23. The van der Waals surface area contributed by atoms with Crippen LogP contribution in [0.5, 0.6) is 5.75 Å². The highest BCUT2D eigenvalue weighted by atomic mass is 16.5. The van der Waals surface area contributed by atoms with E-state index < -0.39 is 0 Å². The predicted octanol–water partition coefficient (Wildman–Crippen LogP) is 1.04. The van der Waals surface area contributed by atoms with Crippen molar-refractivity contribution in [2.75, 3.05) is 13.7 Å². The number of benzene rings is 1. The van der Waals surface area contributed by atoms with E-state index in [1.165, 1.54) is 0 Å². The molecule has 0 aliphatic rings. The van der Waals surface area contributed by atoms with Crippen LogP contribution in [0.15, 0.2) is 18.2 Å². The van der Waals surface area contributed by atoms with Gasteiger partial charge in [-0.2, -0.15) is 5.26 Å². The first-order valence-electron chi connectivity index (χ1n) is 5.13. The number of rotatable bonds is 5. The van der Waals surface area contributed by atoms with Gasteiger partial charge in [-0.1, -0.05) is 6.07 Å². The monoisotopic (exact) mass is 220 g/mol. The van der Waals surface area contributed by atoms with Gasteiger partial charge in [0.1, 0.15) is 11.8 Å². The van der Waals surface area contributed by atoms with Gasteiger partial charge >= 0.3 is 0 Å². The third-order valence-corrected chi connectivity index (χ3v) is 2.15. The molecule has 0 aromatic heterocycles. The average Bonchev–Trinajstić information content (AvgIpc) is 2.28. The van der Waals surface area contributed by atoms with Crippen LogP contribution in [0.25, 0.3) is 0 Å². The van der Waals surface area contributed by atoms with Crippen LogP contribution < -0.4 is 10.1 Å². The summed E-state index contributed by atoms with van der Waals surface area (Å²) in [5.41, 5.74) is 1.52. The SMILES string of the molecule is COc1ccc(CNC[C@H](C)O)cc1C#N. The molecule has 0 aliphatic carbocycles. The van der Waals surface area contributed by atoms with Crippen LogP contribution in [0.3, 0.4) is 0 Å². The van der Waals surface area contributed by atoms with Gasteiger partial charge in [0.2, 0.25) is 0 Å². The summed E-state index contributed by atoms with van der Waals surface area (Å²) in [5, 5.41) is 21.1. The molecule has 0 fully saturated rings. The number of hydrogen-bond donors (Lipinski definition) is 2. The number of aliphatic hydroxyl groups excluding tert-OH is 1. The molecule has 0 bridgehead atoms. The number of ether oxygens (including phenoxy) is 1. The Morgan fingerprint density at radius 1 is 1.56 bits per heavy atom. The van der Waals surface area contributed by atoms with Gasteiger partial charge in [-0.3, -0.25) is 0 Å². The Labute approximate surface area is 95.5 Å². The zero-order valence-electron chi connectivity index (χ0n) is 9.53. The van der Waals surface area contributed by atoms with Crippen molar-refractivity contribution in [1.82, 2.24) is 5.32 Å².